The van der Waals surface area contributed by atoms with Crippen molar-refractivity contribution in [1.82, 2.24) is 0 Å². The van der Waals surface area contributed by atoms with Gasteiger partial charge in [-0.2, -0.15) is 0 Å². The van der Waals surface area contributed by atoms with Crippen LogP contribution in [0.3, 0.4) is 0 Å². The van der Waals surface area contributed by atoms with Crippen LogP contribution in [0.4, 0.5) is 0 Å². The van der Waals surface area contributed by atoms with Crippen molar-refractivity contribution in [2.75, 3.05) is 0 Å². The van der Waals surface area contributed by atoms with Gasteiger partial charge in [0.05, 0.1) is 0 Å². The van der Waals surface area contributed by atoms with E-state index in [1.807, 2.05) is 13.8 Å². The largest absolute Gasteiger partial charge is 0.0877 e. The van der Waals surface area contributed by atoms with Gasteiger partial charge >= 0.3 is 0 Å². The Morgan fingerprint density at radius 3 is 2.24 bits per heavy atom. The van der Waals surface area contributed by atoms with Gasteiger partial charge in [0.2, 0.25) is 0 Å². The lowest BCUT2D eigenvalue weighted by Gasteiger charge is -2.21. The molecule has 0 amide bonds. The van der Waals surface area contributed by atoms with Gasteiger partial charge in [-0.3, -0.25) is 0 Å². The molecule has 0 spiro atoms. The molecule has 0 unspecified atom stereocenters. The van der Waals surface area contributed by atoms with Gasteiger partial charge in [0.1, 0.15) is 0 Å². The third kappa shape index (κ3) is 5.75. The molecule has 0 saturated heterocycles. The standard InChI is InChI=1S/C19H26.C2H6/c1-6-9-12-15(4)17(7-2)18(8-3)19-14-11-10-13-16(19)5;1-2/h6,8-14,17H,7H2,1-5H3;1-2H3/b9-6-,15-12+,18-8-;/t17-;/m1./s1. The molecule has 1 aromatic carbocycles. The molecular formula is C21H32. The number of benzene rings is 1. The van der Waals surface area contributed by atoms with Gasteiger partial charge in [-0.15, -0.1) is 0 Å². The highest BCUT2D eigenvalue weighted by molar-refractivity contribution is 5.71. The van der Waals surface area contributed by atoms with Crippen LogP contribution in [0.5, 0.6) is 0 Å². The number of rotatable bonds is 5. The summed E-state index contributed by atoms with van der Waals surface area (Å²) < 4.78 is 0. The summed E-state index contributed by atoms with van der Waals surface area (Å²) in [4.78, 5) is 0. The number of allylic oxidation sites excluding steroid dienone is 6. The highest BCUT2D eigenvalue weighted by Crippen LogP contribution is 2.33. The summed E-state index contributed by atoms with van der Waals surface area (Å²) in [7, 11) is 0. The second kappa shape index (κ2) is 11.1. The Morgan fingerprint density at radius 2 is 1.76 bits per heavy atom. The average molecular weight is 284 g/mol. The molecule has 1 aromatic rings. The van der Waals surface area contributed by atoms with Crippen molar-refractivity contribution in [2.45, 2.75) is 54.9 Å². The molecular weight excluding hydrogens is 252 g/mol. The molecule has 0 aliphatic carbocycles. The van der Waals surface area contributed by atoms with Gasteiger partial charge in [0, 0.05) is 5.92 Å². The quantitative estimate of drug-likeness (QED) is 0.512. The van der Waals surface area contributed by atoms with Gasteiger partial charge in [-0.1, -0.05) is 74.9 Å². The first-order chi connectivity index (χ1) is 10.2. The lowest BCUT2D eigenvalue weighted by Crippen LogP contribution is -2.05. The van der Waals surface area contributed by atoms with E-state index >= 15 is 0 Å². The fraction of sp³-hybridized carbons (Fsp3) is 0.429. The Hall–Kier alpha value is -1.56. The number of hydrogen-bond acceptors (Lipinski definition) is 0. The minimum absolute atomic E-state index is 0.502. The lowest BCUT2D eigenvalue weighted by molar-refractivity contribution is 0.744. The lowest BCUT2D eigenvalue weighted by atomic mass is 9.83. The van der Waals surface area contributed by atoms with Gasteiger partial charge in [0.15, 0.2) is 0 Å². The van der Waals surface area contributed by atoms with Gasteiger partial charge in [-0.05, 0) is 50.8 Å². The molecule has 0 aliphatic rings. The molecule has 0 bridgehead atoms. The molecule has 0 N–H and O–H groups in total. The fourth-order valence-electron chi connectivity index (χ4n) is 2.59. The molecule has 21 heavy (non-hydrogen) atoms. The van der Waals surface area contributed by atoms with E-state index in [0.717, 1.165) is 6.42 Å². The van der Waals surface area contributed by atoms with E-state index in [2.05, 4.69) is 83.2 Å². The van der Waals surface area contributed by atoms with E-state index in [1.165, 1.54) is 22.3 Å². The maximum absolute atomic E-state index is 2.27. The van der Waals surface area contributed by atoms with E-state index < -0.39 is 0 Å². The van der Waals surface area contributed by atoms with Crippen molar-refractivity contribution >= 4 is 5.57 Å². The zero-order valence-corrected chi connectivity index (χ0v) is 14.9. The minimum Gasteiger partial charge on any atom is -0.0877 e. The Balaban J connectivity index is 0.00000191. The molecule has 0 nitrogen and oxygen atoms in total. The van der Waals surface area contributed by atoms with E-state index in [-0.39, 0.29) is 0 Å². The summed E-state index contributed by atoms with van der Waals surface area (Å²) in [5.41, 5.74) is 5.61. The number of aryl methyl sites for hydroxylation is 1. The van der Waals surface area contributed by atoms with Crippen LogP contribution in [0.15, 0.2) is 54.1 Å². The molecule has 0 heterocycles. The minimum atomic E-state index is 0.502. The third-order valence-electron chi connectivity index (χ3n) is 3.65. The van der Waals surface area contributed by atoms with Crippen molar-refractivity contribution in [3.63, 3.8) is 0 Å². The summed E-state index contributed by atoms with van der Waals surface area (Å²) >= 11 is 0. The molecule has 1 rings (SSSR count). The molecule has 116 valence electrons. The monoisotopic (exact) mass is 284 g/mol. The Morgan fingerprint density at radius 1 is 1.14 bits per heavy atom. The van der Waals surface area contributed by atoms with Crippen LogP contribution in [0.1, 0.15) is 59.1 Å². The Kier molecular flexibility index (Phi) is 10.3. The van der Waals surface area contributed by atoms with Crippen LogP contribution in [-0.2, 0) is 0 Å². The predicted octanol–water partition coefficient (Wildman–Crippen LogP) is 6.97. The summed E-state index contributed by atoms with van der Waals surface area (Å²) in [5, 5.41) is 0. The second-order valence-corrected chi connectivity index (χ2v) is 4.96. The summed E-state index contributed by atoms with van der Waals surface area (Å²) in [5.74, 6) is 0.502. The zero-order valence-electron chi connectivity index (χ0n) is 14.9. The van der Waals surface area contributed by atoms with Crippen LogP contribution >= 0.6 is 0 Å². The van der Waals surface area contributed by atoms with Crippen LogP contribution in [0.2, 0.25) is 0 Å². The highest BCUT2D eigenvalue weighted by Gasteiger charge is 2.16. The van der Waals surface area contributed by atoms with E-state index in [0.29, 0.717) is 5.92 Å². The van der Waals surface area contributed by atoms with E-state index in [9.17, 15) is 0 Å². The van der Waals surface area contributed by atoms with Crippen molar-refractivity contribution in [2.24, 2.45) is 5.92 Å². The first-order valence-corrected chi connectivity index (χ1v) is 8.17. The molecule has 0 aromatic heterocycles. The van der Waals surface area contributed by atoms with Crippen molar-refractivity contribution in [3.05, 3.63) is 65.3 Å². The first-order valence-electron chi connectivity index (χ1n) is 8.17. The SMILES string of the molecule is C/C=C\C=C(/C)[C@@H](CC)/C(=C/C)c1ccccc1C.CC. The van der Waals surface area contributed by atoms with Crippen molar-refractivity contribution in [3.8, 4) is 0 Å². The Labute approximate surface area is 132 Å². The van der Waals surface area contributed by atoms with Gasteiger partial charge < -0.3 is 0 Å². The summed E-state index contributed by atoms with van der Waals surface area (Å²) in [6, 6.07) is 8.66. The fourth-order valence-corrected chi connectivity index (χ4v) is 2.59. The van der Waals surface area contributed by atoms with E-state index in [1.54, 1.807) is 0 Å². The van der Waals surface area contributed by atoms with Crippen molar-refractivity contribution in [1.29, 1.82) is 0 Å². The van der Waals surface area contributed by atoms with E-state index in [4.69, 9.17) is 0 Å². The number of hydrogen-bond donors (Lipinski definition) is 0. The molecule has 0 aliphatic heterocycles. The van der Waals surface area contributed by atoms with Crippen LogP contribution < -0.4 is 0 Å². The smallest absolute Gasteiger partial charge is 0.00486 e. The van der Waals surface area contributed by atoms with Crippen LogP contribution in [-0.4, -0.2) is 0 Å². The average Bonchev–Trinajstić information content (AvgIpc) is 2.53. The normalized spacial score (nSPS) is 13.9. The summed E-state index contributed by atoms with van der Waals surface area (Å²) in [6.45, 7) is 14.9. The van der Waals surface area contributed by atoms with Crippen molar-refractivity contribution < 1.29 is 0 Å². The van der Waals surface area contributed by atoms with Gasteiger partial charge in [-0.25, -0.2) is 0 Å². The molecule has 0 fully saturated rings. The second-order valence-electron chi connectivity index (χ2n) is 4.96. The third-order valence-corrected chi connectivity index (χ3v) is 3.65. The topological polar surface area (TPSA) is 0 Å². The Bertz CT molecular complexity index is 487. The summed E-state index contributed by atoms with van der Waals surface area (Å²) in [6.07, 6.45) is 9.84. The maximum Gasteiger partial charge on any atom is 0.00486 e. The first kappa shape index (κ1) is 19.4. The molecule has 1 atom stereocenters. The van der Waals surface area contributed by atoms with Gasteiger partial charge in [0.25, 0.3) is 0 Å². The van der Waals surface area contributed by atoms with Crippen LogP contribution in [0, 0.1) is 12.8 Å². The maximum atomic E-state index is 2.27. The molecule has 0 heteroatoms. The molecule has 0 radical (unpaired) electrons. The van der Waals surface area contributed by atoms with Crippen LogP contribution in [0.25, 0.3) is 5.57 Å². The highest BCUT2D eigenvalue weighted by atomic mass is 14.2. The predicted molar refractivity (Wildman–Crippen MR) is 98.5 cm³/mol. The molecule has 0 saturated carbocycles. The zero-order chi connectivity index (χ0) is 16.3.